The summed E-state index contributed by atoms with van der Waals surface area (Å²) in [6, 6.07) is 12.4. The van der Waals surface area contributed by atoms with Gasteiger partial charge >= 0.3 is 6.18 Å². The van der Waals surface area contributed by atoms with Crippen LogP contribution in [0.3, 0.4) is 0 Å². The van der Waals surface area contributed by atoms with Gasteiger partial charge in [-0.2, -0.15) is 13.2 Å². The van der Waals surface area contributed by atoms with Gasteiger partial charge in [-0.25, -0.2) is 4.98 Å². The Hall–Kier alpha value is -3.50. The maximum Gasteiger partial charge on any atom is 0.416 e. The molecular weight excluding hydrogens is 463 g/mol. The largest absolute Gasteiger partial charge is 0.416 e. The molecule has 0 aliphatic rings. The molecule has 4 aromatic rings. The van der Waals surface area contributed by atoms with Crippen molar-refractivity contribution in [2.45, 2.75) is 18.6 Å². The first kappa shape index (κ1) is 23.7. The highest BCUT2D eigenvalue weighted by atomic mass is 32.1. The summed E-state index contributed by atoms with van der Waals surface area (Å²) in [6.45, 7) is 0.338. The molecule has 1 amide bonds. The molecule has 2 aromatic heterocycles. The van der Waals surface area contributed by atoms with Crippen LogP contribution in [0.5, 0.6) is 0 Å². The molecule has 1 atom stereocenters. The molecule has 0 saturated heterocycles. The van der Waals surface area contributed by atoms with Crippen LogP contribution in [0.25, 0.3) is 21.2 Å². The molecule has 176 valence electrons. The summed E-state index contributed by atoms with van der Waals surface area (Å²) >= 11 is 1.34. The Morgan fingerprint density at radius 3 is 2.59 bits per heavy atom. The zero-order chi connectivity index (χ0) is 24.3. The van der Waals surface area contributed by atoms with Crippen LogP contribution in [0.15, 0.2) is 60.9 Å². The molecule has 2 aromatic carbocycles. The fourth-order valence-corrected chi connectivity index (χ4v) is 4.48. The number of aromatic nitrogens is 2. The second-order valence-electron chi connectivity index (χ2n) is 7.75. The average Bonchev–Trinajstić information content (AvgIpc) is 3.26. The number of carbonyl (C=O) groups excluding carboxylic acids is 1. The number of amides is 1. The minimum absolute atomic E-state index is 0.303. The lowest BCUT2D eigenvalue weighted by Crippen LogP contribution is -2.31. The summed E-state index contributed by atoms with van der Waals surface area (Å²) < 4.78 is 38.2. The minimum Gasteiger partial charge on any atom is -0.360 e. The lowest BCUT2D eigenvalue weighted by atomic mass is 10.0. The van der Waals surface area contributed by atoms with E-state index in [0.717, 1.165) is 33.3 Å². The smallest absolute Gasteiger partial charge is 0.360 e. The number of halogens is 3. The van der Waals surface area contributed by atoms with Crippen LogP contribution < -0.4 is 16.4 Å². The van der Waals surface area contributed by atoms with E-state index in [2.05, 4.69) is 20.6 Å². The molecule has 0 spiro atoms. The zero-order valence-corrected chi connectivity index (χ0v) is 19.0. The van der Waals surface area contributed by atoms with Gasteiger partial charge in [0.15, 0.2) is 5.13 Å². The van der Waals surface area contributed by atoms with Gasteiger partial charge in [0.05, 0.1) is 10.4 Å². The van der Waals surface area contributed by atoms with Crippen molar-refractivity contribution in [3.8, 4) is 10.4 Å². The van der Waals surface area contributed by atoms with Gasteiger partial charge in [0.2, 0.25) is 0 Å². The maximum atomic E-state index is 12.7. The zero-order valence-electron chi connectivity index (χ0n) is 18.2. The van der Waals surface area contributed by atoms with E-state index in [1.165, 1.54) is 23.5 Å². The highest BCUT2D eigenvalue weighted by Crippen LogP contribution is 2.35. The number of thiazole rings is 1. The van der Waals surface area contributed by atoms with Crippen LogP contribution in [0.4, 0.5) is 18.3 Å². The van der Waals surface area contributed by atoms with Crippen molar-refractivity contribution in [3.63, 3.8) is 0 Å². The van der Waals surface area contributed by atoms with Gasteiger partial charge in [0, 0.05) is 37.4 Å². The Labute approximate surface area is 198 Å². The molecule has 0 saturated carbocycles. The maximum absolute atomic E-state index is 12.7. The van der Waals surface area contributed by atoms with Crippen molar-refractivity contribution in [2.24, 2.45) is 5.73 Å². The summed E-state index contributed by atoms with van der Waals surface area (Å²) in [5.74, 6) is -0.303. The van der Waals surface area contributed by atoms with Crippen molar-refractivity contribution in [1.82, 2.24) is 15.3 Å². The van der Waals surface area contributed by atoms with E-state index >= 15 is 0 Å². The third-order valence-corrected chi connectivity index (χ3v) is 6.33. The molecule has 0 radical (unpaired) electrons. The number of anilines is 1. The second kappa shape index (κ2) is 9.78. The molecular formula is C24H22F3N5OS. The van der Waals surface area contributed by atoms with Crippen molar-refractivity contribution >= 4 is 33.1 Å². The molecule has 0 aliphatic heterocycles. The van der Waals surface area contributed by atoms with E-state index in [4.69, 9.17) is 5.73 Å². The average molecular weight is 486 g/mol. The normalized spacial score (nSPS) is 12.5. The molecule has 4 rings (SSSR count). The molecule has 0 unspecified atom stereocenters. The van der Waals surface area contributed by atoms with Gasteiger partial charge in [0.1, 0.15) is 5.69 Å². The van der Waals surface area contributed by atoms with Gasteiger partial charge in [0.25, 0.3) is 5.91 Å². The number of fused-ring (bicyclic) bond motifs is 1. The van der Waals surface area contributed by atoms with Crippen molar-refractivity contribution < 1.29 is 18.0 Å². The number of pyridine rings is 1. The van der Waals surface area contributed by atoms with Gasteiger partial charge in [-0.3, -0.25) is 9.78 Å². The Balaban J connectivity index is 1.48. The van der Waals surface area contributed by atoms with Crippen molar-refractivity contribution in [2.75, 3.05) is 18.9 Å². The Kier molecular flexibility index (Phi) is 6.80. The SMILES string of the molecule is CNC(=O)c1nc(NC[C@H](N)Cc2ccc(C(F)(F)F)cc2)sc1-c1ccc2cnccc2c1. The Bertz CT molecular complexity index is 1300. The summed E-state index contributed by atoms with van der Waals surface area (Å²) in [5.41, 5.74) is 7.37. The number of hydrogen-bond acceptors (Lipinski definition) is 6. The number of hydrogen-bond donors (Lipinski definition) is 3. The van der Waals surface area contributed by atoms with Crippen LogP contribution in [-0.2, 0) is 12.6 Å². The minimum atomic E-state index is -4.37. The number of benzene rings is 2. The molecule has 0 bridgehead atoms. The fraction of sp³-hybridized carbons (Fsp3) is 0.208. The summed E-state index contributed by atoms with van der Waals surface area (Å²) in [6.07, 6.45) is -0.487. The quantitative estimate of drug-likeness (QED) is 0.352. The van der Waals surface area contributed by atoms with E-state index in [9.17, 15) is 18.0 Å². The van der Waals surface area contributed by atoms with E-state index in [1.54, 1.807) is 19.4 Å². The molecule has 6 nitrogen and oxygen atoms in total. The first-order chi connectivity index (χ1) is 16.2. The third-order valence-electron chi connectivity index (χ3n) is 5.27. The lowest BCUT2D eigenvalue weighted by molar-refractivity contribution is -0.137. The number of alkyl halides is 3. The van der Waals surface area contributed by atoms with Crippen LogP contribution in [0.2, 0.25) is 0 Å². The number of nitrogens with zero attached hydrogens (tertiary/aromatic N) is 2. The number of nitrogens with two attached hydrogens (primary N) is 1. The lowest BCUT2D eigenvalue weighted by Gasteiger charge is -2.13. The molecule has 2 heterocycles. The fourth-order valence-electron chi connectivity index (χ4n) is 3.51. The number of rotatable bonds is 7. The van der Waals surface area contributed by atoms with E-state index in [-0.39, 0.29) is 11.9 Å². The van der Waals surface area contributed by atoms with Crippen molar-refractivity contribution in [3.05, 3.63) is 77.7 Å². The number of carbonyl (C=O) groups is 1. The van der Waals surface area contributed by atoms with Gasteiger partial charge in [-0.1, -0.05) is 35.6 Å². The topological polar surface area (TPSA) is 92.9 Å². The molecule has 0 aliphatic carbocycles. The van der Waals surface area contributed by atoms with Crippen LogP contribution >= 0.6 is 11.3 Å². The van der Waals surface area contributed by atoms with Gasteiger partial charge in [-0.15, -0.1) is 0 Å². The first-order valence-corrected chi connectivity index (χ1v) is 11.3. The molecule has 0 fully saturated rings. The Morgan fingerprint density at radius 1 is 1.12 bits per heavy atom. The van der Waals surface area contributed by atoms with Crippen LogP contribution in [0.1, 0.15) is 21.6 Å². The van der Waals surface area contributed by atoms with Crippen LogP contribution in [-0.4, -0.2) is 35.5 Å². The summed E-state index contributed by atoms with van der Waals surface area (Å²) in [4.78, 5) is 21.7. The summed E-state index contributed by atoms with van der Waals surface area (Å²) in [7, 11) is 1.55. The first-order valence-electron chi connectivity index (χ1n) is 10.5. The monoisotopic (exact) mass is 485 g/mol. The van der Waals surface area contributed by atoms with E-state index in [0.29, 0.717) is 29.4 Å². The van der Waals surface area contributed by atoms with Gasteiger partial charge in [-0.05, 0) is 47.2 Å². The Morgan fingerprint density at radius 2 is 1.88 bits per heavy atom. The standard InChI is InChI=1S/C24H22F3N5OS/c1-29-22(33)20-21(16-4-5-17-12-30-9-8-15(17)11-16)34-23(32-20)31-13-19(28)10-14-2-6-18(7-3-14)24(25,26)27/h2-9,11-12,19H,10,13,28H2,1H3,(H,29,33)(H,31,32)/t19-/m1/s1. The van der Waals surface area contributed by atoms with Crippen LogP contribution in [0, 0.1) is 0 Å². The highest BCUT2D eigenvalue weighted by Gasteiger charge is 2.30. The van der Waals surface area contributed by atoms with Crippen molar-refractivity contribution in [1.29, 1.82) is 0 Å². The predicted molar refractivity (Wildman–Crippen MR) is 128 cm³/mol. The number of nitrogens with one attached hydrogen (secondary N) is 2. The molecule has 34 heavy (non-hydrogen) atoms. The second-order valence-corrected chi connectivity index (χ2v) is 8.75. The highest BCUT2D eigenvalue weighted by molar-refractivity contribution is 7.19. The van der Waals surface area contributed by atoms with E-state index in [1.807, 2.05) is 24.3 Å². The summed E-state index contributed by atoms with van der Waals surface area (Å²) in [5, 5.41) is 8.30. The third kappa shape index (κ3) is 5.35. The molecule has 10 heteroatoms. The van der Waals surface area contributed by atoms with Gasteiger partial charge < -0.3 is 16.4 Å². The van der Waals surface area contributed by atoms with E-state index < -0.39 is 11.7 Å². The molecule has 4 N–H and O–H groups in total. The predicted octanol–water partition coefficient (Wildman–Crippen LogP) is 4.72.